The van der Waals surface area contributed by atoms with Crippen LogP contribution in [0.5, 0.6) is 0 Å². The van der Waals surface area contributed by atoms with Gasteiger partial charge in [-0.25, -0.2) is 4.79 Å². The van der Waals surface area contributed by atoms with Crippen LogP contribution in [-0.2, 0) is 9.53 Å². The molecule has 0 heterocycles. The first kappa shape index (κ1) is 11.8. The number of hydrogen-bond donors (Lipinski definition) is 1. The minimum absolute atomic E-state index is 0.0253. The lowest BCUT2D eigenvalue weighted by Gasteiger charge is -2.29. The fraction of sp³-hybridized carbons (Fsp3) is 0.900. The highest BCUT2D eigenvalue weighted by molar-refractivity contribution is 6.32. The zero-order valence-electron chi connectivity index (χ0n) is 8.46. The Morgan fingerprint density at radius 1 is 1.50 bits per heavy atom. The van der Waals surface area contributed by atoms with Crippen molar-refractivity contribution in [2.24, 2.45) is 0 Å². The Hall–Kier alpha value is -0.280. The van der Waals surface area contributed by atoms with Gasteiger partial charge in [-0.15, -0.1) is 0 Å². The second-order valence-electron chi connectivity index (χ2n) is 3.77. The molecule has 0 amide bonds. The number of carbonyl (C=O) groups is 1. The summed E-state index contributed by atoms with van der Waals surface area (Å²) in [6.45, 7) is 1.73. The van der Waals surface area contributed by atoms with Gasteiger partial charge in [0.05, 0.1) is 6.10 Å². The smallest absolute Gasteiger partial charge is 0.351 e. The normalized spacial score (nSPS) is 23.0. The molecule has 82 valence electrons. The van der Waals surface area contributed by atoms with E-state index in [0.29, 0.717) is 6.42 Å². The molecule has 1 N–H and O–H groups in total. The van der Waals surface area contributed by atoms with E-state index in [4.69, 9.17) is 21.4 Å². The van der Waals surface area contributed by atoms with Gasteiger partial charge in [0.25, 0.3) is 0 Å². The first-order valence-corrected chi connectivity index (χ1v) is 5.56. The molecule has 0 aliphatic heterocycles. The van der Waals surface area contributed by atoms with Crippen molar-refractivity contribution in [1.29, 1.82) is 0 Å². The Morgan fingerprint density at radius 2 is 2.07 bits per heavy atom. The van der Waals surface area contributed by atoms with Gasteiger partial charge < -0.3 is 9.84 Å². The molecule has 0 aromatic carbocycles. The Bertz CT molecular complexity index is 202. The van der Waals surface area contributed by atoms with Crippen molar-refractivity contribution in [1.82, 2.24) is 0 Å². The van der Waals surface area contributed by atoms with E-state index >= 15 is 0 Å². The van der Waals surface area contributed by atoms with Gasteiger partial charge in [-0.2, -0.15) is 0 Å². The molecule has 4 heteroatoms. The third-order valence-corrected chi connectivity index (χ3v) is 3.20. The maximum Gasteiger partial charge on any atom is 0.351 e. The zero-order valence-corrected chi connectivity index (χ0v) is 9.22. The van der Waals surface area contributed by atoms with Gasteiger partial charge in [-0.05, 0) is 19.3 Å². The van der Waals surface area contributed by atoms with Crippen LogP contribution in [0.3, 0.4) is 0 Å². The van der Waals surface area contributed by atoms with E-state index in [9.17, 15) is 4.79 Å². The summed E-state index contributed by atoms with van der Waals surface area (Å²) in [5.74, 6) is -1.08. The van der Waals surface area contributed by atoms with E-state index in [1.54, 1.807) is 6.92 Å². The van der Waals surface area contributed by atoms with Crippen molar-refractivity contribution >= 4 is 17.6 Å². The number of carboxylic acids is 1. The van der Waals surface area contributed by atoms with E-state index in [-0.39, 0.29) is 6.10 Å². The van der Waals surface area contributed by atoms with Crippen molar-refractivity contribution in [3.8, 4) is 0 Å². The molecule has 0 bridgehead atoms. The van der Waals surface area contributed by atoms with Crippen LogP contribution in [0.15, 0.2) is 0 Å². The van der Waals surface area contributed by atoms with Gasteiger partial charge in [-0.1, -0.05) is 37.8 Å². The summed E-state index contributed by atoms with van der Waals surface area (Å²) in [5, 5.41) is 7.39. The van der Waals surface area contributed by atoms with Gasteiger partial charge in [0.15, 0.2) is 0 Å². The standard InChI is InChI=1S/C10H17ClO3/c1-2-10(11,9(12)13)14-8-6-4-3-5-7-8/h8H,2-7H2,1H3,(H,12,13). The molecule has 0 spiro atoms. The fourth-order valence-corrected chi connectivity index (χ4v) is 1.86. The molecule has 1 rings (SSSR count). The molecule has 1 aliphatic carbocycles. The minimum Gasteiger partial charge on any atom is -0.478 e. The molecule has 3 nitrogen and oxygen atoms in total. The maximum atomic E-state index is 10.9. The summed E-state index contributed by atoms with van der Waals surface area (Å²) in [4.78, 5) is 10.9. The Labute approximate surface area is 89.4 Å². The Kier molecular flexibility index (Phi) is 4.20. The Balaban J connectivity index is 2.50. The number of carboxylic acid groups (broad SMARTS) is 1. The molecule has 1 atom stereocenters. The maximum absolute atomic E-state index is 10.9. The van der Waals surface area contributed by atoms with E-state index in [1.807, 2.05) is 0 Å². The van der Waals surface area contributed by atoms with Gasteiger partial charge in [-0.3, -0.25) is 0 Å². The molecule has 0 aromatic rings. The quantitative estimate of drug-likeness (QED) is 0.742. The van der Waals surface area contributed by atoms with Crippen molar-refractivity contribution in [3.63, 3.8) is 0 Å². The first-order valence-electron chi connectivity index (χ1n) is 5.18. The van der Waals surface area contributed by atoms with Crippen molar-refractivity contribution in [2.75, 3.05) is 0 Å². The monoisotopic (exact) mass is 220 g/mol. The molecule has 0 saturated heterocycles. The molecule has 0 radical (unpaired) electrons. The molecule has 1 saturated carbocycles. The van der Waals surface area contributed by atoms with Crippen LogP contribution in [0, 0.1) is 0 Å². The lowest BCUT2D eigenvalue weighted by Crippen LogP contribution is -2.39. The van der Waals surface area contributed by atoms with Crippen LogP contribution in [0.2, 0.25) is 0 Å². The Morgan fingerprint density at radius 3 is 2.50 bits per heavy atom. The largest absolute Gasteiger partial charge is 0.478 e. The topological polar surface area (TPSA) is 46.5 Å². The summed E-state index contributed by atoms with van der Waals surface area (Å²) in [6, 6.07) is 0. The van der Waals surface area contributed by atoms with Gasteiger partial charge in [0.2, 0.25) is 5.06 Å². The second kappa shape index (κ2) is 4.99. The van der Waals surface area contributed by atoms with Crippen LogP contribution < -0.4 is 0 Å². The van der Waals surface area contributed by atoms with Gasteiger partial charge in [0.1, 0.15) is 0 Å². The number of halogens is 1. The summed E-state index contributed by atoms with van der Waals surface area (Å²) < 4.78 is 5.46. The molecular formula is C10H17ClO3. The van der Waals surface area contributed by atoms with Crippen LogP contribution in [0.25, 0.3) is 0 Å². The summed E-state index contributed by atoms with van der Waals surface area (Å²) in [5.41, 5.74) is 0. The highest BCUT2D eigenvalue weighted by Crippen LogP contribution is 2.29. The number of alkyl halides is 1. The predicted octanol–water partition coefficient (Wildman–Crippen LogP) is 2.77. The van der Waals surface area contributed by atoms with Crippen molar-refractivity contribution in [2.45, 2.75) is 56.6 Å². The minimum atomic E-state index is -1.51. The van der Waals surface area contributed by atoms with E-state index in [1.165, 1.54) is 6.42 Å². The summed E-state index contributed by atoms with van der Waals surface area (Å²) >= 11 is 5.87. The SMILES string of the molecule is CCC(Cl)(OC1CCCCC1)C(=O)O. The van der Waals surface area contributed by atoms with Crippen LogP contribution in [0.1, 0.15) is 45.4 Å². The zero-order chi connectivity index (χ0) is 10.6. The molecular weight excluding hydrogens is 204 g/mol. The molecule has 1 fully saturated rings. The van der Waals surface area contributed by atoms with Crippen molar-refractivity contribution < 1.29 is 14.6 Å². The lowest BCUT2D eigenvalue weighted by molar-refractivity contribution is -0.162. The third-order valence-electron chi connectivity index (χ3n) is 2.68. The molecule has 0 aromatic heterocycles. The van der Waals surface area contributed by atoms with Crippen LogP contribution in [-0.4, -0.2) is 22.2 Å². The van der Waals surface area contributed by atoms with Crippen LogP contribution in [0.4, 0.5) is 0 Å². The average molecular weight is 221 g/mol. The van der Waals surface area contributed by atoms with Gasteiger partial charge in [0, 0.05) is 0 Å². The van der Waals surface area contributed by atoms with E-state index < -0.39 is 11.0 Å². The highest BCUT2D eigenvalue weighted by atomic mass is 35.5. The van der Waals surface area contributed by atoms with Gasteiger partial charge >= 0.3 is 5.97 Å². The number of rotatable bonds is 4. The fourth-order valence-electron chi connectivity index (χ4n) is 1.73. The number of hydrogen-bond acceptors (Lipinski definition) is 2. The second-order valence-corrected chi connectivity index (χ2v) is 4.38. The predicted molar refractivity (Wildman–Crippen MR) is 54.5 cm³/mol. The average Bonchev–Trinajstić information content (AvgIpc) is 2.19. The molecule has 1 unspecified atom stereocenters. The molecule has 1 aliphatic rings. The number of ether oxygens (including phenoxy) is 1. The summed E-state index contributed by atoms with van der Waals surface area (Å²) in [7, 11) is 0. The highest BCUT2D eigenvalue weighted by Gasteiger charge is 2.38. The van der Waals surface area contributed by atoms with Crippen molar-refractivity contribution in [3.05, 3.63) is 0 Å². The number of aliphatic carboxylic acids is 1. The summed E-state index contributed by atoms with van der Waals surface area (Å²) in [6.07, 6.45) is 5.62. The van der Waals surface area contributed by atoms with Crippen LogP contribution >= 0.6 is 11.6 Å². The van der Waals surface area contributed by atoms with E-state index in [0.717, 1.165) is 25.7 Å². The lowest BCUT2D eigenvalue weighted by atomic mass is 9.97. The van der Waals surface area contributed by atoms with E-state index in [2.05, 4.69) is 0 Å². The molecule has 14 heavy (non-hydrogen) atoms. The third kappa shape index (κ3) is 2.85. The first-order chi connectivity index (χ1) is 6.58.